The fourth-order valence-electron chi connectivity index (χ4n) is 4.19. The average molecular weight is 431 g/mol. The number of hydrogen-bond acceptors (Lipinski definition) is 4. The standard InChI is InChI=1S/C21H23BrN2O3/c1-13-18(21(26)24-9-11-27-12-10-24)19(14-5-7-15(22)8-6-14)20-16(23-13)3-2-4-17(20)25/h5-8,19,23H,2-4,9-12H2,1H3/t19-/m1/s1. The van der Waals surface area contributed by atoms with Crippen LogP contribution in [-0.4, -0.2) is 42.9 Å². The van der Waals surface area contributed by atoms with Gasteiger partial charge in [0.2, 0.25) is 0 Å². The van der Waals surface area contributed by atoms with Gasteiger partial charge in [0.05, 0.1) is 13.2 Å². The van der Waals surface area contributed by atoms with Crippen LogP contribution in [0.2, 0.25) is 0 Å². The van der Waals surface area contributed by atoms with Crippen LogP contribution in [0, 0.1) is 0 Å². The van der Waals surface area contributed by atoms with E-state index in [0.29, 0.717) is 38.3 Å². The number of ketones is 1. The summed E-state index contributed by atoms with van der Waals surface area (Å²) in [6.07, 6.45) is 2.26. The molecule has 1 aromatic rings. The first-order valence-corrected chi connectivity index (χ1v) is 10.2. The van der Waals surface area contributed by atoms with Crippen LogP contribution in [0.15, 0.2) is 51.3 Å². The van der Waals surface area contributed by atoms with Crippen molar-refractivity contribution in [3.63, 3.8) is 0 Å². The van der Waals surface area contributed by atoms with E-state index in [1.54, 1.807) is 0 Å². The van der Waals surface area contributed by atoms with Crippen molar-refractivity contribution >= 4 is 27.6 Å². The van der Waals surface area contributed by atoms with Gasteiger partial charge in [-0.15, -0.1) is 0 Å². The molecule has 1 amide bonds. The molecule has 142 valence electrons. The molecule has 1 fully saturated rings. The highest BCUT2D eigenvalue weighted by atomic mass is 79.9. The SMILES string of the molecule is CC1=C(C(=O)N2CCOCC2)[C@@H](c2ccc(Br)cc2)C2=C(CCCC2=O)N1. The summed E-state index contributed by atoms with van der Waals surface area (Å²) in [6.45, 7) is 4.23. The van der Waals surface area contributed by atoms with Gasteiger partial charge < -0.3 is 15.0 Å². The van der Waals surface area contributed by atoms with Gasteiger partial charge in [-0.3, -0.25) is 9.59 Å². The Balaban J connectivity index is 1.80. The summed E-state index contributed by atoms with van der Waals surface area (Å²) in [4.78, 5) is 28.1. The molecule has 4 rings (SSSR count). The molecule has 2 heterocycles. The minimum Gasteiger partial charge on any atom is -0.378 e. The smallest absolute Gasteiger partial charge is 0.252 e. The van der Waals surface area contributed by atoms with Gasteiger partial charge in [0.1, 0.15) is 0 Å². The van der Waals surface area contributed by atoms with E-state index < -0.39 is 0 Å². The zero-order valence-electron chi connectivity index (χ0n) is 15.4. The summed E-state index contributed by atoms with van der Waals surface area (Å²) in [5.74, 6) is -0.157. The second-order valence-corrected chi connectivity index (χ2v) is 8.14. The van der Waals surface area contributed by atoms with Crippen LogP contribution >= 0.6 is 15.9 Å². The van der Waals surface area contributed by atoms with Crippen LogP contribution < -0.4 is 5.32 Å². The van der Waals surface area contributed by atoms with Gasteiger partial charge in [0.25, 0.3) is 5.91 Å². The number of ether oxygens (including phenoxy) is 1. The van der Waals surface area contributed by atoms with E-state index in [0.717, 1.165) is 39.8 Å². The third-order valence-corrected chi connectivity index (χ3v) is 6.04. The molecule has 1 aromatic carbocycles. The molecule has 0 saturated carbocycles. The average Bonchev–Trinajstić information content (AvgIpc) is 2.68. The molecule has 0 bridgehead atoms. The summed E-state index contributed by atoms with van der Waals surface area (Å²) in [7, 11) is 0. The topological polar surface area (TPSA) is 58.6 Å². The molecule has 1 aliphatic carbocycles. The van der Waals surface area contributed by atoms with Crippen molar-refractivity contribution in [1.29, 1.82) is 0 Å². The minimum atomic E-state index is -0.308. The zero-order valence-corrected chi connectivity index (χ0v) is 17.0. The molecule has 5 nitrogen and oxygen atoms in total. The predicted molar refractivity (Wildman–Crippen MR) is 106 cm³/mol. The van der Waals surface area contributed by atoms with E-state index in [1.165, 1.54) is 0 Å². The molecule has 2 aliphatic heterocycles. The molecule has 0 spiro atoms. The Morgan fingerprint density at radius 1 is 1.19 bits per heavy atom. The molecule has 1 atom stereocenters. The Morgan fingerprint density at radius 2 is 1.89 bits per heavy atom. The zero-order chi connectivity index (χ0) is 19.0. The van der Waals surface area contributed by atoms with E-state index in [9.17, 15) is 9.59 Å². The fourth-order valence-corrected chi connectivity index (χ4v) is 4.46. The number of nitrogens with zero attached hydrogens (tertiary/aromatic N) is 1. The Hall–Kier alpha value is -1.92. The van der Waals surface area contributed by atoms with Crippen molar-refractivity contribution < 1.29 is 14.3 Å². The van der Waals surface area contributed by atoms with E-state index in [4.69, 9.17) is 4.74 Å². The summed E-state index contributed by atoms with van der Waals surface area (Å²) in [5.41, 5.74) is 4.28. The quantitative estimate of drug-likeness (QED) is 0.781. The highest BCUT2D eigenvalue weighted by Gasteiger charge is 2.39. The molecule has 0 aromatic heterocycles. The monoisotopic (exact) mass is 430 g/mol. The fraction of sp³-hybridized carbons (Fsp3) is 0.429. The Labute approximate surface area is 167 Å². The predicted octanol–water partition coefficient (Wildman–Crippen LogP) is 3.28. The number of allylic oxidation sites excluding steroid dienone is 3. The summed E-state index contributed by atoms with van der Waals surface area (Å²) in [6, 6.07) is 7.95. The van der Waals surface area contributed by atoms with Gasteiger partial charge in [-0.05, 0) is 37.5 Å². The Bertz CT molecular complexity index is 835. The maximum absolute atomic E-state index is 13.4. The molecule has 6 heteroatoms. The van der Waals surface area contributed by atoms with Gasteiger partial charge in [-0.2, -0.15) is 0 Å². The molecule has 27 heavy (non-hydrogen) atoms. The highest BCUT2D eigenvalue weighted by Crippen LogP contribution is 2.42. The lowest BCUT2D eigenvalue weighted by molar-refractivity contribution is -0.131. The summed E-state index contributed by atoms with van der Waals surface area (Å²) in [5, 5.41) is 3.38. The lowest BCUT2D eigenvalue weighted by Crippen LogP contribution is -2.44. The Morgan fingerprint density at radius 3 is 2.59 bits per heavy atom. The first-order chi connectivity index (χ1) is 13.1. The number of nitrogens with one attached hydrogen (secondary N) is 1. The van der Waals surface area contributed by atoms with Crippen LogP contribution in [0.4, 0.5) is 0 Å². The number of benzene rings is 1. The third kappa shape index (κ3) is 3.48. The van der Waals surface area contributed by atoms with E-state index in [2.05, 4.69) is 21.2 Å². The summed E-state index contributed by atoms with van der Waals surface area (Å²) >= 11 is 3.48. The maximum atomic E-state index is 13.4. The number of rotatable bonds is 2. The second kappa shape index (κ2) is 7.60. The normalized spacial score (nSPS) is 23.3. The lowest BCUT2D eigenvalue weighted by Gasteiger charge is -2.37. The van der Waals surface area contributed by atoms with Crippen LogP contribution in [0.3, 0.4) is 0 Å². The number of amides is 1. The second-order valence-electron chi connectivity index (χ2n) is 7.22. The van der Waals surface area contributed by atoms with Gasteiger partial charge in [-0.25, -0.2) is 0 Å². The molecule has 1 saturated heterocycles. The lowest BCUT2D eigenvalue weighted by atomic mass is 9.75. The van der Waals surface area contributed by atoms with Gasteiger partial charge in [0.15, 0.2) is 5.78 Å². The number of Topliss-reactive ketones (excluding diaryl/α,β-unsaturated/α-hetero) is 1. The van der Waals surface area contributed by atoms with Gasteiger partial charge in [-0.1, -0.05) is 28.1 Å². The number of carbonyl (C=O) groups excluding carboxylic acids is 2. The van der Waals surface area contributed by atoms with Crippen molar-refractivity contribution in [3.8, 4) is 0 Å². The number of halogens is 1. The Kier molecular flexibility index (Phi) is 5.19. The van der Waals surface area contributed by atoms with E-state index >= 15 is 0 Å². The van der Waals surface area contributed by atoms with Crippen molar-refractivity contribution in [3.05, 3.63) is 56.8 Å². The van der Waals surface area contributed by atoms with Crippen molar-refractivity contribution in [2.75, 3.05) is 26.3 Å². The number of dihydropyridines is 1. The molecule has 0 radical (unpaired) electrons. The van der Waals surface area contributed by atoms with Crippen molar-refractivity contribution in [2.24, 2.45) is 0 Å². The van der Waals surface area contributed by atoms with Crippen molar-refractivity contribution in [1.82, 2.24) is 10.2 Å². The highest BCUT2D eigenvalue weighted by molar-refractivity contribution is 9.10. The first kappa shape index (κ1) is 18.4. The molecule has 0 unspecified atom stereocenters. The maximum Gasteiger partial charge on any atom is 0.252 e. The molecule has 1 N–H and O–H groups in total. The van der Waals surface area contributed by atoms with Gasteiger partial charge >= 0.3 is 0 Å². The number of carbonyl (C=O) groups is 2. The molecular weight excluding hydrogens is 408 g/mol. The minimum absolute atomic E-state index is 0.00106. The van der Waals surface area contributed by atoms with Gasteiger partial charge in [0, 0.05) is 52.4 Å². The van der Waals surface area contributed by atoms with Crippen LogP contribution in [0.25, 0.3) is 0 Å². The van der Waals surface area contributed by atoms with E-state index in [-0.39, 0.29) is 17.6 Å². The van der Waals surface area contributed by atoms with Crippen LogP contribution in [0.1, 0.15) is 37.7 Å². The number of morpholine rings is 1. The number of hydrogen-bond donors (Lipinski definition) is 1. The van der Waals surface area contributed by atoms with Crippen LogP contribution in [-0.2, 0) is 14.3 Å². The largest absolute Gasteiger partial charge is 0.378 e. The first-order valence-electron chi connectivity index (χ1n) is 9.43. The van der Waals surface area contributed by atoms with Crippen LogP contribution in [0.5, 0.6) is 0 Å². The summed E-state index contributed by atoms with van der Waals surface area (Å²) < 4.78 is 6.38. The van der Waals surface area contributed by atoms with Crippen molar-refractivity contribution in [2.45, 2.75) is 32.1 Å². The van der Waals surface area contributed by atoms with E-state index in [1.807, 2.05) is 36.1 Å². The molecule has 3 aliphatic rings. The molecular formula is C21H23BrN2O3. The third-order valence-electron chi connectivity index (χ3n) is 5.51.